The first kappa shape index (κ1) is 28.5. The quantitative estimate of drug-likeness (QED) is 0.202. The molecule has 0 spiro atoms. The lowest BCUT2D eigenvalue weighted by Crippen LogP contribution is -2.47. The largest absolute Gasteiger partial charge is 0.509 e. The third kappa shape index (κ3) is 5.14. The molecule has 0 aliphatic carbocycles. The number of aromatic nitrogens is 2. The number of carbonyl (C=O) groups excluding carboxylic acids is 2. The summed E-state index contributed by atoms with van der Waals surface area (Å²) in [6, 6.07) is 6.66. The molecule has 4 heterocycles. The van der Waals surface area contributed by atoms with Gasteiger partial charge >= 0.3 is 12.1 Å². The van der Waals surface area contributed by atoms with Gasteiger partial charge in [0.25, 0.3) is 5.56 Å². The van der Waals surface area contributed by atoms with Crippen molar-refractivity contribution in [3.63, 3.8) is 0 Å². The lowest BCUT2D eigenvalue weighted by molar-refractivity contribution is -0.175. The summed E-state index contributed by atoms with van der Waals surface area (Å²) in [4.78, 5) is 44.5. The van der Waals surface area contributed by atoms with Crippen LogP contribution in [0.4, 0.5) is 4.79 Å². The number of cyclic esters (lactones) is 1. The van der Waals surface area contributed by atoms with Crippen molar-refractivity contribution in [1.82, 2.24) is 9.55 Å². The number of nitrogens with zero attached hydrogens (tertiary/aromatic N) is 2. The average molecular weight is 568 g/mol. The lowest BCUT2D eigenvalue weighted by Gasteiger charge is -2.35. The number of hydrogen-bond donors (Lipinski definition) is 2. The fourth-order valence-electron chi connectivity index (χ4n) is 5.47. The van der Waals surface area contributed by atoms with Gasteiger partial charge in [-0.2, -0.15) is 0 Å². The zero-order chi connectivity index (χ0) is 29.1. The number of ether oxygens (including phenoxy) is 5. The molecule has 0 unspecified atom stereocenters. The number of phenols is 1. The number of aromatic hydroxyl groups is 1. The van der Waals surface area contributed by atoms with E-state index in [9.17, 15) is 19.5 Å². The Morgan fingerprint density at radius 2 is 1.85 bits per heavy atom. The predicted octanol–water partition coefficient (Wildman–Crippen LogP) is 2.50. The summed E-state index contributed by atoms with van der Waals surface area (Å²) < 4.78 is 28.3. The Labute approximate surface area is 235 Å². The smallest absolute Gasteiger partial charge is 0.508 e. The average Bonchev–Trinajstić information content (AvgIpc) is 3.33. The molecule has 2 aromatic heterocycles. The van der Waals surface area contributed by atoms with Crippen molar-refractivity contribution in [2.75, 3.05) is 39.6 Å². The van der Waals surface area contributed by atoms with Crippen molar-refractivity contribution in [1.29, 1.82) is 0 Å². The Morgan fingerprint density at radius 1 is 1.10 bits per heavy atom. The van der Waals surface area contributed by atoms with Gasteiger partial charge in [-0.3, -0.25) is 4.79 Å². The van der Waals surface area contributed by atoms with Crippen LogP contribution in [0.3, 0.4) is 0 Å². The van der Waals surface area contributed by atoms with Crippen LogP contribution in [-0.2, 0) is 53.7 Å². The highest BCUT2D eigenvalue weighted by molar-refractivity contribution is 5.90. The topological polar surface area (TPSA) is 161 Å². The summed E-state index contributed by atoms with van der Waals surface area (Å²) in [5.41, 5.74) is 7.28. The normalized spacial score (nSPS) is 17.1. The summed E-state index contributed by atoms with van der Waals surface area (Å²) >= 11 is 0. The van der Waals surface area contributed by atoms with E-state index in [1.807, 2.05) is 6.92 Å². The minimum atomic E-state index is -1.87. The Bertz CT molecular complexity index is 1550. The number of rotatable bonds is 11. The van der Waals surface area contributed by atoms with Crippen molar-refractivity contribution >= 4 is 23.0 Å². The molecular weight excluding hydrogens is 534 g/mol. The maximum Gasteiger partial charge on any atom is 0.509 e. The highest BCUT2D eigenvalue weighted by Crippen LogP contribution is 2.42. The molecule has 2 aliphatic rings. The first-order valence-corrected chi connectivity index (χ1v) is 13.6. The number of esters is 1. The van der Waals surface area contributed by atoms with E-state index in [0.29, 0.717) is 49.7 Å². The number of pyridine rings is 2. The molecule has 0 fully saturated rings. The minimum absolute atomic E-state index is 0.0172. The Morgan fingerprint density at radius 3 is 2.59 bits per heavy atom. The SMILES string of the molecule is CCc1c2c(nc3ccc(O)cc13)-c1cc3c(c(=O)n1C2)COC(=O)[C@@]3(CC)OC(=O)OCCOCCOCCN. The van der Waals surface area contributed by atoms with Crippen molar-refractivity contribution in [3.05, 3.63) is 56.9 Å². The van der Waals surface area contributed by atoms with Crippen LogP contribution in [0.1, 0.15) is 42.5 Å². The molecule has 1 aromatic carbocycles. The molecule has 3 N–H and O–H groups in total. The van der Waals surface area contributed by atoms with Crippen LogP contribution < -0.4 is 11.3 Å². The summed E-state index contributed by atoms with van der Waals surface area (Å²) in [6.45, 7) is 5.22. The second-order valence-corrected chi connectivity index (χ2v) is 9.76. The zero-order valence-corrected chi connectivity index (χ0v) is 23.1. The number of phenolic OH excluding ortho intramolecular Hbond substituents is 1. The first-order chi connectivity index (χ1) is 19.8. The van der Waals surface area contributed by atoms with E-state index in [4.69, 9.17) is 34.4 Å². The molecule has 1 atom stereocenters. The van der Waals surface area contributed by atoms with E-state index in [2.05, 4.69) is 0 Å². The number of fused-ring (bicyclic) bond motifs is 5. The van der Waals surface area contributed by atoms with Gasteiger partial charge in [0.15, 0.2) is 0 Å². The molecule has 41 heavy (non-hydrogen) atoms. The van der Waals surface area contributed by atoms with Gasteiger partial charge in [0.2, 0.25) is 5.60 Å². The molecule has 3 aromatic rings. The number of nitrogens with two attached hydrogens (primary N) is 1. The molecule has 12 heteroatoms. The van der Waals surface area contributed by atoms with E-state index in [1.54, 1.807) is 35.8 Å². The summed E-state index contributed by atoms with van der Waals surface area (Å²) in [5.74, 6) is -0.649. The summed E-state index contributed by atoms with van der Waals surface area (Å²) in [5, 5.41) is 10.9. The van der Waals surface area contributed by atoms with Gasteiger partial charge in [-0.25, -0.2) is 14.6 Å². The van der Waals surface area contributed by atoms with Crippen molar-refractivity contribution in [3.8, 4) is 17.1 Å². The van der Waals surface area contributed by atoms with Crippen molar-refractivity contribution in [2.24, 2.45) is 5.73 Å². The molecule has 0 saturated carbocycles. The van der Waals surface area contributed by atoms with Crippen LogP contribution in [0, 0.1) is 0 Å². The molecular formula is C29H33N3O9. The minimum Gasteiger partial charge on any atom is -0.508 e. The first-order valence-electron chi connectivity index (χ1n) is 13.6. The van der Waals surface area contributed by atoms with Crippen LogP contribution >= 0.6 is 0 Å². The fourth-order valence-corrected chi connectivity index (χ4v) is 5.47. The number of aryl methyl sites for hydroxylation is 1. The Kier molecular flexibility index (Phi) is 8.25. The highest BCUT2D eigenvalue weighted by Gasteiger charge is 2.51. The van der Waals surface area contributed by atoms with Crippen LogP contribution in [0.5, 0.6) is 5.75 Å². The zero-order valence-electron chi connectivity index (χ0n) is 23.1. The van der Waals surface area contributed by atoms with Crippen molar-refractivity contribution < 1.29 is 38.4 Å². The second kappa shape index (κ2) is 11.9. The highest BCUT2D eigenvalue weighted by atomic mass is 16.7. The van der Waals surface area contributed by atoms with E-state index >= 15 is 0 Å². The summed E-state index contributed by atoms with van der Waals surface area (Å²) in [6.07, 6.45) is -0.408. The molecule has 218 valence electrons. The standard InChI is InChI=1S/C29H33N3O9/c1-3-18-19-13-17(33)5-6-23(19)31-25-20(18)15-32-24(25)14-22-21(26(32)34)16-40-27(35)29(22,4-2)41-28(36)39-12-11-38-10-9-37-8-7-30/h5-6,13-14,33H,3-4,7-12,15-16,30H2,1-2H3/t29-/m0/s1. The van der Waals surface area contributed by atoms with Gasteiger partial charge in [0.1, 0.15) is 19.0 Å². The van der Waals surface area contributed by atoms with Crippen LogP contribution in [0.15, 0.2) is 29.1 Å². The number of benzene rings is 1. The van der Waals surface area contributed by atoms with Gasteiger partial charge in [-0.15, -0.1) is 0 Å². The van der Waals surface area contributed by atoms with Crippen molar-refractivity contribution in [2.45, 2.75) is 45.4 Å². The van der Waals surface area contributed by atoms with Crippen LogP contribution in [-0.4, -0.2) is 66.4 Å². The second-order valence-electron chi connectivity index (χ2n) is 9.76. The monoisotopic (exact) mass is 567 g/mol. The summed E-state index contributed by atoms with van der Waals surface area (Å²) in [7, 11) is 0. The fraction of sp³-hybridized carbons (Fsp3) is 0.448. The number of hydrogen-bond acceptors (Lipinski definition) is 11. The van der Waals surface area contributed by atoms with Gasteiger partial charge in [0.05, 0.1) is 55.4 Å². The molecule has 2 aliphatic heterocycles. The third-order valence-corrected chi connectivity index (χ3v) is 7.45. The van der Waals surface area contributed by atoms with Crippen LogP contribution in [0.2, 0.25) is 0 Å². The molecule has 0 amide bonds. The Hall–Kier alpha value is -4.00. The molecule has 12 nitrogen and oxygen atoms in total. The van der Waals surface area contributed by atoms with Crippen LogP contribution in [0.25, 0.3) is 22.3 Å². The number of carbonyl (C=O) groups is 2. The molecule has 0 saturated heterocycles. The third-order valence-electron chi connectivity index (χ3n) is 7.45. The van der Waals surface area contributed by atoms with E-state index in [-0.39, 0.29) is 55.2 Å². The maximum absolute atomic E-state index is 13.8. The molecule has 5 rings (SSSR count). The molecule has 0 radical (unpaired) electrons. The van der Waals surface area contributed by atoms with Gasteiger partial charge in [-0.05, 0) is 42.7 Å². The maximum atomic E-state index is 13.8. The Balaban J connectivity index is 1.45. The van der Waals surface area contributed by atoms with Gasteiger partial charge in [-0.1, -0.05) is 13.8 Å². The van der Waals surface area contributed by atoms with Gasteiger partial charge in [0, 0.05) is 23.1 Å². The predicted molar refractivity (Wildman–Crippen MR) is 146 cm³/mol. The van der Waals surface area contributed by atoms with Gasteiger partial charge < -0.3 is 39.1 Å². The van der Waals surface area contributed by atoms with E-state index in [1.165, 1.54) is 0 Å². The lowest BCUT2D eigenvalue weighted by atomic mass is 9.85. The van der Waals surface area contributed by atoms with E-state index < -0.39 is 17.7 Å². The van der Waals surface area contributed by atoms with E-state index in [0.717, 1.165) is 16.5 Å². The molecule has 0 bridgehead atoms.